The average molecular weight is 307 g/mol. The van der Waals surface area contributed by atoms with Gasteiger partial charge in [-0.25, -0.2) is 0 Å². The smallest absolute Gasteiger partial charge is 0.269 e. The van der Waals surface area contributed by atoms with E-state index in [4.69, 9.17) is 4.74 Å². The van der Waals surface area contributed by atoms with Gasteiger partial charge in [0.1, 0.15) is 0 Å². The van der Waals surface area contributed by atoms with Crippen molar-refractivity contribution in [2.75, 3.05) is 38.2 Å². The van der Waals surface area contributed by atoms with Crippen LogP contribution in [0.3, 0.4) is 0 Å². The molecule has 7 heteroatoms. The summed E-state index contributed by atoms with van der Waals surface area (Å²) >= 11 is 0. The van der Waals surface area contributed by atoms with Crippen LogP contribution >= 0.6 is 0 Å². The van der Waals surface area contributed by atoms with Crippen molar-refractivity contribution >= 4 is 17.3 Å². The summed E-state index contributed by atoms with van der Waals surface area (Å²) in [7, 11) is 1.68. The first-order valence-electron chi connectivity index (χ1n) is 7.16. The number of nitrogens with zero attached hydrogens (tertiary/aromatic N) is 3. The molecule has 0 aromatic heterocycles. The van der Waals surface area contributed by atoms with E-state index in [1.54, 1.807) is 19.2 Å². The predicted octanol–water partition coefficient (Wildman–Crippen LogP) is 1.67. The topological polar surface area (TPSA) is 75.9 Å². The third kappa shape index (κ3) is 4.02. The molecule has 0 unspecified atom stereocenters. The van der Waals surface area contributed by atoms with E-state index in [9.17, 15) is 14.9 Å². The molecule has 1 aromatic rings. The first-order valence-corrected chi connectivity index (χ1v) is 7.16. The molecule has 0 saturated carbocycles. The number of rotatable bonds is 4. The number of nitro benzene ring substituents is 1. The second kappa shape index (κ2) is 6.41. The molecule has 0 N–H and O–H groups in total. The van der Waals surface area contributed by atoms with Crippen molar-refractivity contribution in [3.63, 3.8) is 0 Å². The van der Waals surface area contributed by atoms with Gasteiger partial charge >= 0.3 is 0 Å². The fourth-order valence-electron chi connectivity index (χ4n) is 2.49. The number of hydrogen-bond acceptors (Lipinski definition) is 5. The zero-order chi connectivity index (χ0) is 16.3. The van der Waals surface area contributed by atoms with Crippen LogP contribution < -0.4 is 4.90 Å². The second-order valence-electron chi connectivity index (χ2n) is 6.05. The second-order valence-corrected chi connectivity index (χ2v) is 6.05. The van der Waals surface area contributed by atoms with Crippen molar-refractivity contribution in [1.82, 2.24) is 4.90 Å². The van der Waals surface area contributed by atoms with Crippen LogP contribution in [-0.4, -0.2) is 54.6 Å². The van der Waals surface area contributed by atoms with Crippen LogP contribution in [0.25, 0.3) is 0 Å². The number of non-ortho nitro benzene ring substituents is 1. The van der Waals surface area contributed by atoms with Gasteiger partial charge in [-0.05, 0) is 26.0 Å². The number of carbonyl (C=O) groups excluding carboxylic acids is 1. The van der Waals surface area contributed by atoms with Crippen LogP contribution in [0.5, 0.6) is 0 Å². The standard InChI is InChI=1S/C15H21N3O4/c1-15(2)11-17(8-9-22-15)10-14(19)16(3)12-4-6-13(7-5-12)18(20)21/h4-7H,8-11H2,1-3H3. The number of likely N-dealkylation sites (N-methyl/N-ethyl adjacent to an activating group) is 1. The number of nitro groups is 1. The number of benzene rings is 1. The lowest BCUT2D eigenvalue weighted by atomic mass is 10.1. The van der Waals surface area contributed by atoms with Crippen LogP contribution in [0, 0.1) is 10.1 Å². The van der Waals surface area contributed by atoms with Crippen LogP contribution in [0.15, 0.2) is 24.3 Å². The molecule has 0 bridgehead atoms. The highest BCUT2D eigenvalue weighted by Crippen LogP contribution is 2.20. The lowest BCUT2D eigenvalue weighted by Gasteiger charge is -2.38. The van der Waals surface area contributed by atoms with Crippen molar-refractivity contribution in [3.8, 4) is 0 Å². The number of carbonyl (C=O) groups is 1. The highest BCUT2D eigenvalue weighted by molar-refractivity contribution is 5.94. The van der Waals surface area contributed by atoms with Gasteiger partial charge in [0, 0.05) is 38.0 Å². The summed E-state index contributed by atoms with van der Waals surface area (Å²) < 4.78 is 5.63. The molecule has 0 radical (unpaired) electrons. The Bertz CT molecular complexity index is 556. The molecule has 2 rings (SSSR count). The fourth-order valence-corrected chi connectivity index (χ4v) is 2.49. The normalized spacial score (nSPS) is 18.0. The summed E-state index contributed by atoms with van der Waals surface area (Å²) in [4.78, 5) is 26.1. The Morgan fingerprint density at radius 3 is 2.59 bits per heavy atom. The molecule has 1 fully saturated rings. The maximum Gasteiger partial charge on any atom is 0.269 e. The minimum Gasteiger partial charge on any atom is -0.373 e. The van der Waals surface area contributed by atoms with Gasteiger partial charge in [0.25, 0.3) is 5.69 Å². The van der Waals surface area contributed by atoms with Crippen LogP contribution in [0.2, 0.25) is 0 Å². The number of morpholine rings is 1. The predicted molar refractivity (Wildman–Crippen MR) is 83.0 cm³/mol. The molecule has 0 aliphatic carbocycles. The zero-order valence-electron chi connectivity index (χ0n) is 13.1. The van der Waals surface area contributed by atoms with E-state index in [2.05, 4.69) is 4.90 Å². The maximum absolute atomic E-state index is 12.4. The molecule has 22 heavy (non-hydrogen) atoms. The van der Waals surface area contributed by atoms with E-state index >= 15 is 0 Å². The number of anilines is 1. The molecule has 0 spiro atoms. The van der Waals surface area contributed by atoms with Crippen molar-refractivity contribution in [3.05, 3.63) is 34.4 Å². The van der Waals surface area contributed by atoms with Crippen molar-refractivity contribution in [2.24, 2.45) is 0 Å². The number of amides is 1. The SMILES string of the molecule is CN(C(=O)CN1CCOC(C)(C)C1)c1ccc([N+](=O)[O-])cc1. The van der Waals surface area contributed by atoms with Gasteiger partial charge in [-0.15, -0.1) is 0 Å². The minimum atomic E-state index is -0.457. The number of hydrogen-bond donors (Lipinski definition) is 0. The average Bonchev–Trinajstić information content (AvgIpc) is 2.45. The Morgan fingerprint density at radius 1 is 1.41 bits per heavy atom. The molecule has 0 atom stereocenters. The van der Waals surface area contributed by atoms with Crippen LogP contribution in [-0.2, 0) is 9.53 Å². The Kier molecular flexibility index (Phi) is 4.77. The monoisotopic (exact) mass is 307 g/mol. The van der Waals surface area contributed by atoms with E-state index in [1.165, 1.54) is 17.0 Å². The Hall–Kier alpha value is -1.99. The van der Waals surface area contributed by atoms with Gasteiger partial charge in [-0.1, -0.05) is 0 Å². The molecule has 1 saturated heterocycles. The summed E-state index contributed by atoms with van der Waals surface area (Å²) in [5.74, 6) is -0.0495. The lowest BCUT2D eigenvalue weighted by Crippen LogP contribution is -2.51. The van der Waals surface area contributed by atoms with Gasteiger partial charge in [-0.3, -0.25) is 19.8 Å². The first-order chi connectivity index (χ1) is 10.3. The van der Waals surface area contributed by atoms with E-state index in [-0.39, 0.29) is 17.2 Å². The fraction of sp³-hybridized carbons (Fsp3) is 0.533. The third-order valence-electron chi connectivity index (χ3n) is 3.69. The molecule has 1 heterocycles. The largest absolute Gasteiger partial charge is 0.373 e. The summed E-state index contributed by atoms with van der Waals surface area (Å²) in [6.45, 7) is 6.35. The van der Waals surface area contributed by atoms with Crippen LogP contribution in [0.1, 0.15) is 13.8 Å². The molecule has 1 aliphatic heterocycles. The Morgan fingerprint density at radius 2 is 2.05 bits per heavy atom. The summed E-state index contributed by atoms with van der Waals surface area (Å²) in [6.07, 6.45) is 0. The molecule has 120 valence electrons. The maximum atomic E-state index is 12.4. The highest BCUT2D eigenvalue weighted by Gasteiger charge is 2.28. The quantitative estimate of drug-likeness (QED) is 0.625. The molecule has 7 nitrogen and oxygen atoms in total. The molecule has 1 amide bonds. The number of ether oxygens (including phenoxy) is 1. The van der Waals surface area contributed by atoms with E-state index < -0.39 is 4.92 Å². The van der Waals surface area contributed by atoms with E-state index in [0.717, 1.165) is 6.54 Å². The van der Waals surface area contributed by atoms with Crippen molar-refractivity contribution in [2.45, 2.75) is 19.4 Å². The van der Waals surface area contributed by atoms with Gasteiger partial charge in [0.2, 0.25) is 5.91 Å². The van der Waals surface area contributed by atoms with Crippen LogP contribution in [0.4, 0.5) is 11.4 Å². The van der Waals surface area contributed by atoms with Crippen molar-refractivity contribution in [1.29, 1.82) is 0 Å². The molecular weight excluding hydrogens is 286 g/mol. The lowest BCUT2D eigenvalue weighted by molar-refractivity contribution is -0.384. The first kappa shape index (κ1) is 16.4. The van der Waals surface area contributed by atoms with Gasteiger partial charge in [0.15, 0.2) is 0 Å². The van der Waals surface area contributed by atoms with Crippen molar-refractivity contribution < 1.29 is 14.5 Å². The molecular formula is C15H21N3O4. The summed E-state index contributed by atoms with van der Waals surface area (Å²) in [6, 6.07) is 5.96. The Balaban J connectivity index is 1.98. The highest BCUT2D eigenvalue weighted by atomic mass is 16.6. The van der Waals surface area contributed by atoms with E-state index in [0.29, 0.717) is 25.4 Å². The minimum absolute atomic E-state index is 0.0135. The summed E-state index contributed by atoms with van der Waals surface area (Å²) in [5.41, 5.74) is 0.410. The molecule has 1 aromatic carbocycles. The van der Waals surface area contributed by atoms with Gasteiger partial charge < -0.3 is 9.64 Å². The molecule has 1 aliphatic rings. The zero-order valence-corrected chi connectivity index (χ0v) is 13.1. The van der Waals surface area contributed by atoms with E-state index in [1.807, 2.05) is 13.8 Å². The van der Waals surface area contributed by atoms with Gasteiger partial charge in [-0.2, -0.15) is 0 Å². The Labute approximate surface area is 129 Å². The summed E-state index contributed by atoms with van der Waals surface area (Å²) in [5, 5.41) is 10.6. The van der Waals surface area contributed by atoms with Gasteiger partial charge in [0.05, 0.1) is 23.7 Å². The third-order valence-corrected chi connectivity index (χ3v) is 3.69.